The summed E-state index contributed by atoms with van der Waals surface area (Å²) in [5.74, 6) is 0. The maximum absolute atomic E-state index is 6.27. The number of halogens is 1. The highest BCUT2D eigenvalue weighted by Gasteiger charge is 2.18. The molecule has 0 bridgehead atoms. The van der Waals surface area contributed by atoms with E-state index in [1.54, 1.807) is 0 Å². The van der Waals surface area contributed by atoms with Gasteiger partial charge in [0.15, 0.2) is 0 Å². The van der Waals surface area contributed by atoms with E-state index in [9.17, 15) is 0 Å². The molecule has 1 aromatic carbocycles. The summed E-state index contributed by atoms with van der Waals surface area (Å²) in [6, 6.07) is 9.27. The number of nitrogens with two attached hydrogens (primary N) is 1. The molecule has 0 saturated carbocycles. The fraction of sp³-hybridized carbons (Fsp3) is 0.600. The Morgan fingerprint density at radius 2 is 2.06 bits per heavy atom. The van der Waals surface area contributed by atoms with Crippen molar-refractivity contribution in [2.75, 3.05) is 13.1 Å². The van der Waals surface area contributed by atoms with Crippen molar-refractivity contribution >= 4 is 15.9 Å². The molecule has 1 aromatic rings. The number of benzene rings is 1. The Morgan fingerprint density at radius 1 is 1.33 bits per heavy atom. The lowest BCUT2D eigenvalue weighted by Gasteiger charge is -2.34. The molecule has 0 spiro atoms. The molecule has 2 nitrogen and oxygen atoms in total. The monoisotopic (exact) mass is 310 g/mol. The van der Waals surface area contributed by atoms with Crippen LogP contribution in [0.3, 0.4) is 0 Å². The number of rotatable bonds is 4. The van der Waals surface area contributed by atoms with Crippen LogP contribution in [0.4, 0.5) is 0 Å². The summed E-state index contributed by atoms with van der Waals surface area (Å²) in [6.07, 6.45) is 5.12. The molecular weight excluding hydrogens is 288 g/mol. The van der Waals surface area contributed by atoms with E-state index in [0.29, 0.717) is 0 Å². The van der Waals surface area contributed by atoms with Gasteiger partial charge in [0.1, 0.15) is 0 Å². The molecule has 1 heterocycles. The van der Waals surface area contributed by atoms with Crippen molar-refractivity contribution in [3.63, 3.8) is 0 Å². The van der Waals surface area contributed by atoms with Gasteiger partial charge in [-0.1, -0.05) is 34.5 Å². The molecule has 2 N–H and O–H groups in total. The molecule has 0 radical (unpaired) electrons. The topological polar surface area (TPSA) is 29.3 Å². The normalized spacial score (nSPS) is 22.9. The summed E-state index contributed by atoms with van der Waals surface area (Å²) in [7, 11) is 0. The van der Waals surface area contributed by atoms with Gasteiger partial charge < -0.3 is 10.6 Å². The number of hydrogen-bond acceptors (Lipinski definition) is 2. The lowest BCUT2D eigenvalue weighted by atomic mass is 10.0. The predicted octanol–water partition coefficient (Wildman–Crippen LogP) is 3.71. The van der Waals surface area contributed by atoms with E-state index in [-0.39, 0.29) is 6.04 Å². The predicted molar refractivity (Wildman–Crippen MR) is 80.6 cm³/mol. The molecule has 2 atom stereocenters. The highest BCUT2D eigenvalue weighted by Crippen LogP contribution is 2.21. The summed E-state index contributed by atoms with van der Waals surface area (Å²) in [4.78, 5) is 2.59. The van der Waals surface area contributed by atoms with Crippen LogP contribution in [0.25, 0.3) is 0 Å². The second-order valence-electron chi connectivity index (χ2n) is 5.33. The fourth-order valence-electron chi connectivity index (χ4n) is 2.67. The molecule has 1 saturated heterocycles. The van der Waals surface area contributed by atoms with E-state index in [1.165, 1.54) is 31.4 Å². The lowest BCUT2D eigenvalue weighted by Crippen LogP contribution is -2.38. The van der Waals surface area contributed by atoms with E-state index in [4.69, 9.17) is 5.73 Å². The summed E-state index contributed by atoms with van der Waals surface area (Å²) in [5, 5.41) is 0. The van der Waals surface area contributed by atoms with Gasteiger partial charge in [-0.05, 0) is 50.4 Å². The third-order valence-electron chi connectivity index (χ3n) is 3.97. The Bertz CT molecular complexity index is 363. The van der Waals surface area contributed by atoms with Gasteiger partial charge in [0.05, 0.1) is 0 Å². The molecule has 18 heavy (non-hydrogen) atoms. The molecule has 2 unspecified atom stereocenters. The molecule has 0 aliphatic carbocycles. The second-order valence-corrected chi connectivity index (χ2v) is 6.24. The standard InChI is InChI=1S/C15H23BrN2/c1-12-4-2-3-10-18(12)11-9-15(17)13-5-7-14(16)8-6-13/h5-8,12,15H,2-4,9-11,17H2,1H3. The van der Waals surface area contributed by atoms with Gasteiger partial charge in [0, 0.05) is 23.1 Å². The SMILES string of the molecule is CC1CCCCN1CCC(N)c1ccc(Br)cc1. The second kappa shape index (κ2) is 6.69. The quantitative estimate of drug-likeness (QED) is 0.918. The number of piperidine rings is 1. The highest BCUT2D eigenvalue weighted by atomic mass is 79.9. The largest absolute Gasteiger partial charge is 0.324 e. The van der Waals surface area contributed by atoms with Crippen LogP contribution in [0, 0.1) is 0 Å². The fourth-order valence-corrected chi connectivity index (χ4v) is 2.94. The molecule has 1 aliphatic heterocycles. The van der Waals surface area contributed by atoms with Crippen LogP contribution in [-0.2, 0) is 0 Å². The van der Waals surface area contributed by atoms with Gasteiger partial charge in [-0.3, -0.25) is 0 Å². The molecule has 0 amide bonds. The third-order valence-corrected chi connectivity index (χ3v) is 4.49. The molecule has 3 heteroatoms. The summed E-state index contributed by atoms with van der Waals surface area (Å²) in [5.41, 5.74) is 7.50. The molecule has 1 aliphatic rings. The zero-order valence-corrected chi connectivity index (χ0v) is 12.7. The van der Waals surface area contributed by atoms with Crippen molar-refractivity contribution in [3.05, 3.63) is 34.3 Å². The van der Waals surface area contributed by atoms with E-state index in [0.717, 1.165) is 23.5 Å². The molecular formula is C15H23BrN2. The Labute approximate surface area is 119 Å². The van der Waals surface area contributed by atoms with E-state index in [2.05, 4.69) is 52.0 Å². The van der Waals surface area contributed by atoms with Crippen LogP contribution in [-0.4, -0.2) is 24.0 Å². The van der Waals surface area contributed by atoms with Crippen molar-refractivity contribution < 1.29 is 0 Å². The first-order valence-corrected chi connectivity index (χ1v) is 7.71. The summed E-state index contributed by atoms with van der Waals surface area (Å²) >= 11 is 3.45. The average Bonchev–Trinajstić information content (AvgIpc) is 2.38. The van der Waals surface area contributed by atoms with Crippen LogP contribution >= 0.6 is 15.9 Å². The van der Waals surface area contributed by atoms with E-state index < -0.39 is 0 Å². The lowest BCUT2D eigenvalue weighted by molar-refractivity contribution is 0.155. The van der Waals surface area contributed by atoms with Gasteiger partial charge in [-0.2, -0.15) is 0 Å². The van der Waals surface area contributed by atoms with Crippen LogP contribution < -0.4 is 5.73 Å². The van der Waals surface area contributed by atoms with Crippen LogP contribution in [0.15, 0.2) is 28.7 Å². The van der Waals surface area contributed by atoms with Crippen molar-refractivity contribution in [2.45, 2.75) is 44.7 Å². The minimum atomic E-state index is 0.159. The highest BCUT2D eigenvalue weighted by molar-refractivity contribution is 9.10. The minimum absolute atomic E-state index is 0.159. The first-order valence-electron chi connectivity index (χ1n) is 6.92. The van der Waals surface area contributed by atoms with Crippen LogP contribution in [0.1, 0.15) is 44.2 Å². The number of hydrogen-bond donors (Lipinski definition) is 1. The Morgan fingerprint density at radius 3 is 2.72 bits per heavy atom. The van der Waals surface area contributed by atoms with Crippen molar-refractivity contribution in [3.8, 4) is 0 Å². The Hall–Kier alpha value is -0.380. The van der Waals surface area contributed by atoms with Crippen LogP contribution in [0.2, 0.25) is 0 Å². The maximum Gasteiger partial charge on any atom is 0.0307 e. The van der Waals surface area contributed by atoms with Gasteiger partial charge in [0.2, 0.25) is 0 Å². The summed E-state index contributed by atoms with van der Waals surface area (Å²) < 4.78 is 1.11. The van der Waals surface area contributed by atoms with Crippen molar-refractivity contribution in [2.24, 2.45) is 5.73 Å². The zero-order chi connectivity index (χ0) is 13.0. The number of nitrogens with zero attached hydrogens (tertiary/aromatic N) is 1. The average molecular weight is 311 g/mol. The zero-order valence-electron chi connectivity index (χ0n) is 11.1. The molecule has 1 fully saturated rings. The first-order chi connectivity index (χ1) is 8.66. The first kappa shape index (κ1) is 14.0. The van der Waals surface area contributed by atoms with E-state index >= 15 is 0 Å². The third kappa shape index (κ3) is 3.81. The van der Waals surface area contributed by atoms with Gasteiger partial charge in [-0.25, -0.2) is 0 Å². The number of likely N-dealkylation sites (tertiary alicyclic amines) is 1. The van der Waals surface area contributed by atoms with Gasteiger partial charge >= 0.3 is 0 Å². The van der Waals surface area contributed by atoms with Crippen molar-refractivity contribution in [1.29, 1.82) is 0 Å². The van der Waals surface area contributed by atoms with E-state index in [1.807, 2.05) is 0 Å². The van der Waals surface area contributed by atoms with Gasteiger partial charge in [-0.15, -0.1) is 0 Å². The van der Waals surface area contributed by atoms with Crippen LogP contribution in [0.5, 0.6) is 0 Å². The van der Waals surface area contributed by atoms with Gasteiger partial charge in [0.25, 0.3) is 0 Å². The Balaban J connectivity index is 1.83. The smallest absolute Gasteiger partial charge is 0.0307 e. The maximum atomic E-state index is 6.27. The Kier molecular flexibility index (Phi) is 5.22. The molecule has 0 aromatic heterocycles. The van der Waals surface area contributed by atoms with Crippen molar-refractivity contribution in [1.82, 2.24) is 4.90 Å². The minimum Gasteiger partial charge on any atom is -0.324 e. The molecule has 2 rings (SSSR count). The molecule has 100 valence electrons. The summed E-state index contributed by atoms with van der Waals surface area (Å²) in [6.45, 7) is 4.71.